The van der Waals surface area contributed by atoms with E-state index in [2.05, 4.69) is 0 Å². The predicted molar refractivity (Wildman–Crippen MR) is 46.0 cm³/mol. The molecule has 1 aliphatic heterocycles. The van der Waals surface area contributed by atoms with Crippen LogP contribution in [0, 0.1) is 0 Å². The number of aliphatic hydroxyl groups excluding tert-OH is 1. The Morgan fingerprint density at radius 3 is 2.09 bits per heavy atom. The van der Waals surface area contributed by atoms with Crippen molar-refractivity contribution in [1.29, 1.82) is 0 Å². The van der Waals surface area contributed by atoms with Gasteiger partial charge in [0.1, 0.15) is 0 Å². The molecule has 1 saturated heterocycles. The number of aliphatic hydroxyl groups is 1. The normalized spacial score (nSPS) is 34.2. The monoisotopic (exact) mass is 204 g/mol. The van der Waals surface area contributed by atoms with Gasteiger partial charge in [0.15, 0.2) is 0 Å². The molecule has 0 aromatic rings. The van der Waals surface area contributed by atoms with E-state index in [0.29, 0.717) is 0 Å². The maximum absolute atomic E-state index is 9.46. The zero-order valence-corrected chi connectivity index (χ0v) is 8.28. The van der Waals surface area contributed by atoms with Gasteiger partial charge in [-0.1, -0.05) is 0 Å². The summed E-state index contributed by atoms with van der Waals surface area (Å²) in [4.78, 5) is 18.7. The topological polar surface area (TPSA) is 79.2 Å². The van der Waals surface area contributed by atoms with E-state index < -0.39 is 15.4 Å². The molecule has 0 aromatic carbocycles. The third-order valence-electron chi connectivity index (χ3n) is 1.51. The van der Waals surface area contributed by atoms with E-state index in [-0.39, 0.29) is 19.0 Å². The summed E-state index contributed by atoms with van der Waals surface area (Å²) in [6.45, 7) is 1.48. The fraction of sp³-hybridized carbons (Fsp3) is 1.00. The molecule has 1 heterocycles. The summed E-state index contributed by atoms with van der Waals surface area (Å²) in [5.74, 6) is 0. The van der Waals surface area contributed by atoms with Crippen LogP contribution in [-0.4, -0.2) is 40.6 Å². The predicted octanol–water partition coefficient (Wildman–Crippen LogP) is -0.328. The first-order valence-electron chi connectivity index (χ1n) is 3.31. The number of hydrogen-bond donors (Lipinski definition) is 3. The Labute approximate surface area is 66.0 Å². The van der Waals surface area contributed by atoms with E-state index in [9.17, 15) is 9.79 Å². The van der Waals surface area contributed by atoms with Crippen molar-refractivity contribution in [3.63, 3.8) is 0 Å². The van der Waals surface area contributed by atoms with Crippen LogP contribution >= 0.6 is 15.4 Å². The summed E-state index contributed by atoms with van der Waals surface area (Å²) in [5, 5.41) is 8.71. The molecule has 1 aliphatic rings. The quantitative estimate of drug-likeness (QED) is 0.510. The molecule has 0 amide bonds. The van der Waals surface area contributed by atoms with Crippen LogP contribution in [-0.2, 0) is 9.05 Å². The summed E-state index contributed by atoms with van der Waals surface area (Å²) in [6, 6.07) is 0. The molecule has 0 spiro atoms. The fourth-order valence-electron chi connectivity index (χ4n) is 0.711. The van der Waals surface area contributed by atoms with E-state index in [0.717, 1.165) is 0 Å². The van der Waals surface area contributed by atoms with Crippen molar-refractivity contribution in [3.8, 4) is 0 Å². The van der Waals surface area contributed by atoms with Gasteiger partial charge in [0, 0.05) is 0 Å². The van der Waals surface area contributed by atoms with Gasteiger partial charge >= 0.3 is 65.1 Å². The van der Waals surface area contributed by atoms with Crippen LogP contribution in [0.15, 0.2) is 0 Å². The average molecular weight is 204 g/mol. The Balaban J connectivity index is 2.48. The third kappa shape index (κ3) is 2.56. The molecule has 0 aromatic heterocycles. The van der Waals surface area contributed by atoms with Crippen molar-refractivity contribution in [2.75, 3.05) is 25.7 Å². The van der Waals surface area contributed by atoms with Crippen molar-refractivity contribution in [1.82, 2.24) is 0 Å². The van der Waals surface area contributed by atoms with Crippen molar-refractivity contribution in [2.24, 2.45) is 0 Å². The van der Waals surface area contributed by atoms with Crippen LogP contribution in [0.4, 0.5) is 0 Å². The summed E-state index contributed by atoms with van der Waals surface area (Å²) >= 11 is 0. The summed E-state index contributed by atoms with van der Waals surface area (Å²) in [7, 11) is -5.65. The molecule has 7 heteroatoms. The molecule has 0 aliphatic carbocycles. The maximum atomic E-state index is 9.46. The molecular weight excluding hydrogens is 190 g/mol. The minimum atomic E-state index is -2.93. The fourth-order valence-corrected chi connectivity index (χ4v) is 5.35. The van der Waals surface area contributed by atoms with E-state index in [1.165, 1.54) is 6.66 Å². The molecule has 1 rings (SSSR count). The first-order chi connectivity index (χ1) is 4.97. The zero-order chi connectivity index (χ0) is 8.54. The first kappa shape index (κ1) is 9.75. The van der Waals surface area contributed by atoms with Crippen molar-refractivity contribution < 1.29 is 23.9 Å². The molecule has 0 unspecified atom stereocenters. The van der Waals surface area contributed by atoms with Gasteiger partial charge in [-0.3, -0.25) is 0 Å². The Hall–Kier alpha value is 0.660. The Morgan fingerprint density at radius 2 is 1.73 bits per heavy atom. The molecule has 0 atom stereocenters. The number of rotatable bonds is 1. The van der Waals surface area contributed by atoms with E-state index >= 15 is 0 Å². The Bertz CT molecular complexity index is 139. The standard InChI is InChI=1S/C4H14O5P2/c1-10(6)8-3-11(7,2-5)4-9-10/h5-7,10-11H,2-4H2,1H3. The first-order valence-corrected chi connectivity index (χ1v) is 8.14. The van der Waals surface area contributed by atoms with Crippen LogP contribution < -0.4 is 0 Å². The Kier molecular flexibility index (Phi) is 2.83. The van der Waals surface area contributed by atoms with Crippen LogP contribution in [0.25, 0.3) is 0 Å². The van der Waals surface area contributed by atoms with Gasteiger partial charge in [-0.25, -0.2) is 0 Å². The second-order valence-corrected chi connectivity index (χ2v) is 8.57. The van der Waals surface area contributed by atoms with Crippen LogP contribution in [0.5, 0.6) is 0 Å². The third-order valence-corrected chi connectivity index (χ3v) is 5.40. The molecule has 3 N–H and O–H groups in total. The van der Waals surface area contributed by atoms with Crippen molar-refractivity contribution in [2.45, 2.75) is 0 Å². The summed E-state index contributed by atoms with van der Waals surface area (Å²) < 4.78 is 9.79. The van der Waals surface area contributed by atoms with Gasteiger partial charge in [-0.2, -0.15) is 0 Å². The minimum absolute atomic E-state index is 0.0721. The molecule has 5 nitrogen and oxygen atoms in total. The van der Waals surface area contributed by atoms with E-state index in [1.54, 1.807) is 0 Å². The zero-order valence-electron chi connectivity index (χ0n) is 6.28. The van der Waals surface area contributed by atoms with Crippen LogP contribution in [0.3, 0.4) is 0 Å². The molecular formula is C4H14O5P2. The van der Waals surface area contributed by atoms with Crippen LogP contribution in [0.1, 0.15) is 0 Å². The van der Waals surface area contributed by atoms with Crippen molar-refractivity contribution >= 4 is 15.4 Å². The summed E-state index contributed by atoms with van der Waals surface area (Å²) in [6.07, 6.45) is -0.136. The van der Waals surface area contributed by atoms with E-state index in [1.807, 2.05) is 0 Å². The average Bonchev–Trinajstić information content (AvgIpc) is 1.97. The van der Waals surface area contributed by atoms with Gasteiger partial charge in [0.05, 0.1) is 0 Å². The molecule has 0 saturated carbocycles. The van der Waals surface area contributed by atoms with Gasteiger partial charge in [0.2, 0.25) is 0 Å². The second-order valence-electron chi connectivity index (χ2n) is 2.86. The van der Waals surface area contributed by atoms with Gasteiger partial charge < -0.3 is 0 Å². The van der Waals surface area contributed by atoms with Crippen LogP contribution in [0.2, 0.25) is 0 Å². The Morgan fingerprint density at radius 1 is 1.27 bits per heavy atom. The molecule has 0 bridgehead atoms. The van der Waals surface area contributed by atoms with Crippen molar-refractivity contribution in [3.05, 3.63) is 0 Å². The molecule has 11 heavy (non-hydrogen) atoms. The summed E-state index contributed by atoms with van der Waals surface area (Å²) in [5.41, 5.74) is 0. The second kappa shape index (κ2) is 3.19. The molecule has 0 radical (unpaired) electrons. The van der Waals surface area contributed by atoms with Gasteiger partial charge in [-0.15, -0.1) is 0 Å². The van der Waals surface area contributed by atoms with Gasteiger partial charge in [-0.05, 0) is 0 Å². The van der Waals surface area contributed by atoms with Gasteiger partial charge in [0.25, 0.3) is 0 Å². The number of hydrogen-bond acceptors (Lipinski definition) is 5. The van der Waals surface area contributed by atoms with E-state index in [4.69, 9.17) is 14.2 Å². The SMILES string of the molecule is C[PH]1(O)OC[PH](O)(CO)CO1. The molecule has 1 fully saturated rings. The molecule has 70 valence electrons.